The Kier molecular flexibility index (Phi) is 11.2. The van der Waals surface area contributed by atoms with Crippen LogP contribution in [-0.4, -0.2) is 19.2 Å². The molecule has 0 unspecified atom stereocenters. The molecule has 0 atom stereocenters. The van der Waals surface area contributed by atoms with Crippen molar-refractivity contribution in [1.82, 2.24) is 0 Å². The van der Waals surface area contributed by atoms with E-state index in [0.717, 1.165) is 44.2 Å². The van der Waals surface area contributed by atoms with E-state index in [1.165, 1.54) is 12.1 Å². The van der Waals surface area contributed by atoms with E-state index in [9.17, 15) is 18.0 Å². The second kappa shape index (κ2) is 13.1. The molecule has 0 saturated carbocycles. The maximum Gasteiger partial charge on any atom is 0.416 e. The van der Waals surface area contributed by atoms with Gasteiger partial charge in [-0.3, -0.25) is 0 Å². The zero-order valence-corrected chi connectivity index (χ0v) is 15.6. The van der Waals surface area contributed by atoms with Gasteiger partial charge in [-0.1, -0.05) is 43.2 Å². The minimum atomic E-state index is -4.32. The van der Waals surface area contributed by atoms with Crippen LogP contribution in [0.15, 0.2) is 48.6 Å². The van der Waals surface area contributed by atoms with Gasteiger partial charge >= 0.3 is 12.1 Å². The number of carbonyl (C=O) groups is 1. The summed E-state index contributed by atoms with van der Waals surface area (Å²) in [6.07, 6.45) is 7.48. The van der Waals surface area contributed by atoms with Crippen LogP contribution in [0.5, 0.6) is 0 Å². The Hall–Kier alpha value is -2.08. The predicted molar refractivity (Wildman–Crippen MR) is 99.1 cm³/mol. The number of carbonyl (C=O) groups excluding carboxylic acids is 1. The fourth-order valence-corrected chi connectivity index (χ4v) is 2.35. The molecule has 0 aromatic heterocycles. The van der Waals surface area contributed by atoms with Gasteiger partial charge < -0.3 is 9.47 Å². The minimum absolute atomic E-state index is 0.194. The maximum atomic E-state index is 12.6. The van der Waals surface area contributed by atoms with Crippen LogP contribution in [0.2, 0.25) is 0 Å². The van der Waals surface area contributed by atoms with Crippen molar-refractivity contribution in [2.45, 2.75) is 51.8 Å². The van der Waals surface area contributed by atoms with Crippen molar-refractivity contribution < 1.29 is 27.4 Å². The molecule has 0 bridgehead atoms. The number of halogens is 3. The Bertz CT molecular complexity index is 607. The molecule has 0 saturated heterocycles. The lowest BCUT2D eigenvalue weighted by Gasteiger charge is -2.09. The lowest BCUT2D eigenvalue weighted by atomic mass is 10.1. The molecule has 0 spiro atoms. The maximum absolute atomic E-state index is 12.6. The molecule has 0 radical (unpaired) electrons. The highest BCUT2D eigenvalue weighted by Gasteiger charge is 2.30. The van der Waals surface area contributed by atoms with Crippen LogP contribution >= 0.6 is 0 Å². The number of unbranched alkanes of at least 4 members (excludes halogenated alkanes) is 4. The van der Waals surface area contributed by atoms with E-state index in [4.69, 9.17) is 9.47 Å². The molecule has 150 valence electrons. The average molecular weight is 384 g/mol. The SMILES string of the molecule is CCOC(=O)/C=C/C=C/CCCCCCOCc1cccc(C(F)(F)F)c1. The number of rotatable bonds is 12. The number of esters is 1. The van der Waals surface area contributed by atoms with Crippen molar-refractivity contribution in [2.24, 2.45) is 0 Å². The summed E-state index contributed by atoms with van der Waals surface area (Å²) in [6, 6.07) is 5.22. The fraction of sp³-hybridized carbons (Fsp3) is 0.476. The first-order chi connectivity index (χ1) is 12.9. The molecule has 0 aliphatic rings. The number of benzene rings is 1. The average Bonchev–Trinajstić information content (AvgIpc) is 2.62. The highest BCUT2D eigenvalue weighted by molar-refractivity contribution is 5.82. The van der Waals surface area contributed by atoms with E-state index in [0.29, 0.717) is 18.8 Å². The molecular weight excluding hydrogens is 357 g/mol. The lowest BCUT2D eigenvalue weighted by Crippen LogP contribution is -2.05. The van der Waals surface area contributed by atoms with Crippen molar-refractivity contribution in [1.29, 1.82) is 0 Å². The first-order valence-electron chi connectivity index (χ1n) is 9.17. The van der Waals surface area contributed by atoms with Gasteiger partial charge in [0.25, 0.3) is 0 Å². The summed E-state index contributed by atoms with van der Waals surface area (Å²) in [5.74, 6) is -0.340. The summed E-state index contributed by atoms with van der Waals surface area (Å²) in [5, 5.41) is 0. The van der Waals surface area contributed by atoms with Gasteiger partial charge in [0, 0.05) is 12.7 Å². The van der Waals surface area contributed by atoms with Crippen molar-refractivity contribution in [3.63, 3.8) is 0 Å². The zero-order chi connectivity index (χ0) is 20.0. The Morgan fingerprint density at radius 2 is 1.89 bits per heavy atom. The quantitative estimate of drug-likeness (QED) is 0.196. The lowest BCUT2D eigenvalue weighted by molar-refractivity contribution is -0.138. The summed E-state index contributed by atoms with van der Waals surface area (Å²) < 4.78 is 48.1. The number of allylic oxidation sites excluding steroid dienone is 3. The monoisotopic (exact) mass is 384 g/mol. The van der Waals surface area contributed by atoms with E-state index < -0.39 is 11.7 Å². The summed E-state index contributed by atoms with van der Waals surface area (Å²) in [6.45, 7) is 2.86. The Morgan fingerprint density at radius 3 is 2.63 bits per heavy atom. The van der Waals surface area contributed by atoms with Crippen molar-refractivity contribution in [3.05, 3.63) is 59.7 Å². The van der Waals surface area contributed by atoms with Gasteiger partial charge in [0.15, 0.2) is 0 Å². The summed E-state index contributed by atoms with van der Waals surface area (Å²) >= 11 is 0. The molecule has 0 heterocycles. The zero-order valence-electron chi connectivity index (χ0n) is 15.6. The molecule has 0 fully saturated rings. The smallest absolute Gasteiger partial charge is 0.416 e. The molecular formula is C21H27F3O3. The molecule has 0 N–H and O–H groups in total. The third-order valence-electron chi connectivity index (χ3n) is 3.70. The number of ether oxygens (including phenoxy) is 2. The van der Waals surface area contributed by atoms with Crippen LogP contribution in [0.4, 0.5) is 13.2 Å². The first-order valence-corrected chi connectivity index (χ1v) is 9.17. The van der Waals surface area contributed by atoms with Gasteiger partial charge in [-0.2, -0.15) is 13.2 Å². The third-order valence-corrected chi connectivity index (χ3v) is 3.70. The van der Waals surface area contributed by atoms with Gasteiger partial charge in [-0.05, 0) is 43.9 Å². The minimum Gasteiger partial charge on any atom is -0.463 e. The number of hydrogen-bond acceptors (Lipinski definition) is 3. The molecule has 0 aliphatic carbocycles. The van der Waals surface area contributed by atoms with Crippen molar-refractivity contribution >= 4 is 5.97 Å². The van der Waals surface area contributed by atoms with Crippen LogP contribution in [-0.2, 0) is 27.1 Å². The van der Waals surface area contributed by atoms with Crippen LogP contribution in [0.25, 0.3) is 0 Å². The highest BCUT2D eigenvalue weighted by atomic mass is 19.4. The molecule has 0 aliphatic heterocycles. The fourth-order valence-electron chi connectivity index (χ4n) is 2.35. The van der Waals surface area contributed by atoms with Gasteiger partial charge in [0.1, 0.15) is 0 Å². The standard InChI is InChI=1S/C21H27F3O3/c1-2-27-20(25)14-9-7-5-3-4-6-8-10-15-26-17-18-12-11-13-19(16-18)21(22,23)24/h5,7,9,11-14,16H,2-4,6,8,10,15,17H2,1H3/b7-5+,14-9+. The molecule has 6 heteroatoms. The predicted octanol–water partition coefficient (Wildman–Crippen LogP) is 5.85. The number of alkyl halides is 3. The van der Waals surface area contributed by atoms with Crippen LogP contribution in [0, 0.1) is 0 Å². The molecule has 27 heavy (non-hydrogen) atoms. The normalized spacial score (nSPS) is 12.1. The van der Waals surface area contributed by atoms with E-state index in [1.807, 2.05) is 12.2 Å². The van der Waals surface area contributed by atoms with Crippen molar-refractivity contribution in [3.8, 4) is 0 Å². The van der Waals surface area contributed by atoms with Gasteiger partial charge in [-0.25, -0.2) is 4.79 Å². The van der Waals surface area contributed by atoms with Gasteiger partial charge in [0.2, 0.25) is 0 Å². The molecule has 3 nitrogen and oxygen atoms in total. The van der Waals surface area contributed by atoms with E-state index >= 15 is 0 Å². The highest BCUT2D eigenvalue weighted by Crippen LogP contribution is 2.29. The largest absolute Gasteiger partial charge is 0.463 e. The molecule has 1 aromatic rings. The summed E-state index contributed by atoms with van der Waals surface area (Å²) in [5.41, 5.74) is -0.111. The summed E-state index contributed by atoms with van der Waals surface area (Å²) in [4.78, 5) is 11.0. The molecule has 1 aromatic carbocycles. The number of hydrogen-bond donors (Lipinski definition) is 0. The second-order valence-electron chi connectivity index (χ2n) is 5.99. The van der Waals surface area contributed by atoms with E-state index in [-0.39, 0.29) is 12.6 Å². The Balaban J connectivity index is 2.04. The van der Waals surface area contributed by atoms with Gasteiger partial charge in [0.05, 0.1) is 18.8 Å². The van der Waals surface area contributed by atoms with E-state index in [1.54, 1.807) is 19.1 Å². The second-order valence-corrected chi connectivity index (χ2v) is 5.99. The Morgan fingerprint density at radius 1 is 1.11 bits per heavy atom. The topological polar surface area (TPSA) is 35.5 Å². The molecule has 0 amide bonds. The summed E-state index contributed by atoms with van der Waals surface area (Å²) in [7, 11) is 0. The van der Waals surface area contributed by atoms with Gasteiger partial charge in [-0.15, -0.1) is 0 Å². The third kappa shape index (κ3) is 11.3. The van der Waals surface area contributed by atoms with E-state index in [2.05, 4.69) is 0 Å². The van der Waals surface area contributed by atoms with Crippen LogP contribution in [0.3, 0.4) is 0 Å². The Labute approximate surface area is 158 Å². The van der Waals surface area contributed by atoms with Crippen molar-refractivity contribution in [2.75, 3.05) is 13.2 Å². The first kappa shape index (κ1) is 23.0. The van der Waals surface area contributed by atoms with Crippen LogP contribution < -0.4 is 0 Å². The van der Waals surface area contributed by atoms with Crippen LogP contribution in [0.1, 0.15) is 50.2 Å². The molecule has 1 rings (SSSR count).